The normalized spacial score (nSPS) is 12.2. The minimum absolute atomic E-state index is 0.255. The van der Waals surface area contributed by atoms with Crippen molar-refractivity contribution >= 4 is 5.82 Å². The molecule has 1 unspecified atom stereocenters. The average molecular weight is 275 g/mol. The fraction of sp³-hybridized carbons (Fsp3) is 0.400. The van der Waals surface area contributed by atoms with Gasteiger partial charge in [-0.15, -0.1) is 0 Å². The highest BCUT2D eigenvalue weighted by Crippen LogP contribution is 2.22. The fourth-order valence-corrected chi connectivity index (χ4v) is 2.00. The number of rotatable bonds is 6. The second kappa shape index (κ2) is 6.43. The van der Waals surface area contributed by atoms with Crippen LogP contribution in [-0.4, -0.2) is 34.1 Å². The molecule has 2 rings (SSSR count). The van der Waals surface area contributed by atoms with Crippen LogP contribution in [0.5, 0.6) is 5.75 Å². The molecule has 20 heavy (non-hydrogen) atoms. The molecule has 5 heteroatoms. The third-order valence-electron chi connectivity index (χ3n) is 3.06. The highest BCUT2D eigenvalue weighted by atomic mass is 16.5. The summed E-state index contributed by atoms with van der Waals surface area (Å²) < 4.78 is 7.42. The molecule has 1 heterocycles. The summed E-state index contributed by atoms with van der Waals surface area (Å²) in [5.74, 6) is 1.60. The molecule has 1 aromatic carbocycles. The molecule has 1 aromatic heterocycles. The van der Waals surface area contributed by atoms with Crippen molar-refractivity contribution < 1.29 is 9.84 Å². The Morgan fingerprint density at radius 3 is 2.60 bits per heavy atom. The third kappa shape index (κ3) is 3.74. The van der Waals surface area contributed by atoms with Gasteiger partial charge in [0.15, 0.2) is 0 Å². The van der Waals surface area contributed by atoms with Crippen molar-refractivity contribution in [3.05, 3.63) is 41.6 Å². The summed E-state index contributed by atoms with van der Waals surface area (Å²) in [6, 6.07) is 7.86. The molecule has 2 aromatic rings. The molecule has 0 aliphatic carbocycles. The Hall–Kier alpha value is -2.01. The Morgan fingerprint density at radius 2 is 2.00 bits per heavy atom. The lowest BCUT2D eigenvalue weighted by Gasteiger charge is -2.15. The molecule has 0 amide bonds. The molecule has 0 bridgehead atoms. The lowest BCUT2D eigenvalue weighted by atomic mass is 10.1. The van der Waals surface area contributed by atoms with Gasteiger partial charge in [0.05, 0.1) is 0 Å². The van der Waals surface area contributed by atoms with Crippen LogP contribution in [0.25, 0.3) is 0 Å². The first-order valence-electron chi connectivity index (χ1n) is 6.67. The smallest absolute Gasteiger partial charge is 0.148 e. The molecular formula is C15H21N3O2. The number of benzene rings is 1. The van der Waals surface area contributed by atoms with E-state index in [9.17, 15) is 5.11 Å². The van der Waals surface area contributed by atoms with E-state index in [2.05, 4.69) is 10.4 Å². The largest absolute Gasteiger partial charge is 0.490 e. The summed E-state index contributed by atoms with van der Waals surface area (Å²) in [4.78, 5) is 0. The number of nitrogens with one attached hydrogen (secondary N) is 1. The highest BCUT2D eigenvalue weighted by molar-refractivity contribution is 5.39. The van der Waals surface area contributed by atoms with Gasteiger partial charge in [0.25, 0.3) is 0 Å². The Morgan fingerprint density at radius 1 is 1.30 bits per heavy atom. The molecule has 5 nitrogen and oxygen atoms in total. The van der Waals surface area contributed by atoms with Crippen LogP contribution in [0.15, 0.2) is 30.5 Å². The Bertz CT molecular complexity index is 546. The van der Waals surface area contributed by atoms with Crippen LogP contribution in [-0.2, 0) is 7.05 Å². The van der Waals surface area contributed by atoms with E-state index in [4.69, 9.17) is 4.74 Å². The van der Waals surface area contributed by atoms with E-state index < -0.39 is 6.10 Å². The monoisotopic (exact) mass is 275 g/mol. The van der Waals surface area contributed by atoms with E-state index in [1.165, 1.54) is 0 Å². The molecule has 0 aliphatic heterocycles. The Kier molecular flexibility index (Phi) is 4.63. The van der Waals surface area contributed by atoms with Gasteiger partial charge in [-0.25, -0.2) is 0 Å². The molecule has 108 valence electrons. The van der Waals surface area contributed by atoms with Crippen LogP contribution < -0.4 is 10.1 Å². The van der Waals surface area contributed by atoms with E-state index in [0.717, 1.165) is 22.7 Å². The van der Waals surface area contributed by atoms with Gasteiger partial charge in [0.1, 0.15) is 24.3 Å². The molecule has 1 atom stereocenters. The SMILES string of the molecule is Cc1cccc(C)c1OCC(O)CNc1ccn(C)n1. The maximum atomic E-state index is 9.94. The summed E-state index contributed by atoms with van der Waals surface area (Å²) >= 11 is 0. The highest BCUT2D eigenvalue weighted by Gasteiger charge is 2.09. The Balaban J connectivity index is 1.81. The number of aliphatic hydroxyl groups excluding tert-OH is 1. The predicted molar refractivity (Wildman–Crippen MR) is 79.1 cm³/mol. The lowest BCUT2D eigenvalue weighted by Crippen LogP contribution is -2.26. The number of aromatic nitrogens is 2. The quantitative estimate of drug-likeness (QED) is 0.845. The first-order valence-corrected chi connectivity index (χ1v) is 6.67. The van der Waals surface area contributed by atoms with E-state index in [-0.39, 0.29) is 6.61 Å². The summed E-state index contributed by atoms with van der Waals surface area (Å²) in [5.41, 5.74) is 2.16. The second-order valence-corrected chi connectivity index (χ2v) is 4.94. The van der Waals surface area contributed by atoms with Gasteiger partial charge in [-0.2, -0.15) is 5.10 Å². The van der Waals surface area contributed by atoms with Gasteiger partial charge in [0.2, 0.25) is 0 Å². The van der Waals surface area contributed by atoms with Crippen molar-refractivity contribution in [3.63, 3.8) is 0 Å². The zero-order valence-corrected chi connectivity index (χ0v) is 12.1. The fourth-order valence-electron chi connectivity index (χ4n) is 2.00. The number of ether oxygens (including phenoxy) is 1. The number of aryl methyl sites for hydroxylation is 3. The van der Waals surface area contributed by atoms with Crippen molar-refractivity contribution in [3.8, 4) is 5.75 Å². The standard InChI is InChI=1S/C15H21N3O2/c1-11-5-4-6-12(2)15(11)20-10-13(19)9-16-14-7-8-18(3)17-14/h4-8,13,19H,9-10H2,1-3H3,(H,16,17). The molecule has 0 saturated carbocycles. The summed E-state index contributed by atoms with van der Waals surface area (Å²) in [6.45, 7) is 4.66. The molecular weight excluding hydrogens is 254 g/mol. The molecule has 0 radical (unpaired) electrons. The first-order chi connectivity index (χ1) is 9.56. The number of nitrogens with zero attached hydrogens (tertiary/aromatic N) is 2. The van der Waals surface area contributed by atoms with Crippen molar-refractivity contribution in [2.45, 2.75) is 20.0 Å². The van der Waals surface area contributed by atoms with Crippen LogP contribution in [0, 0.1) is 13.8 Å². The zero-order chi connectivity index (χ0) is 14.5. The van der Waals surface area contributed by atoms with Gasteiger partial charge in [-0.1, -0.05) is 18.2 Å². The van der Waals surface area contributed by atoms with Crippen LogP contribution in [0.3, 0.4) is 0 Å². The minimum atomic E-state index is -0.587. The van der Waals surface area contributed by atoms with Crippen LogP contribution in [0.1, 0.15) is 11.1 Å². The van der Waals surface area contributed by atoms with E-state index in [0.29, 0.717) is 6.54 Å². The number of anilines is 1. The topological polar surface area (TPSA) is 59.3 Å². The van der Waals surface area contributed by atoms with Crippen molar-refractivity contribution in [1.82, 2.24) is 9.78 Å². The van der Waals surface area contributed by atoms with Gasteiger partial charge >= 0.3 is 0 Å². The zero-order valence-electron chi connectivity index (χ0n) is 12.1. The van der Waals surface area contributed by atoms with Crippen molar-refractivity contribution in [2.75, 3.05) is 18.5 Å². The predicted octanol–water partition coefficient (Wildman–Crippen LogP) is 1.89. The summed E-state index contributed by atoms with van der Waals surface area (Å²) in [6.07, 6.45) is 1.26. The van der Waals surface area contributed by atoms with E-state index in [1.54, 1.807) is 4.68 Å². The maximum absolute atomic E-state index is 9.94. The number of hydrogen-bond donors (Lipinski definition) is 2. The number of aliphatic hydroxyl groups is 1. The minimum Gasteiger partial charge on any atom is -0.490 e. The van der Waals surface area contributed by atoms with Crippen LogP contribution in [0.2, 0.25) is 0 Å². The van der Waals surface area contributed by atoms with E-state index >= 15 is 0 Å². The average Bonchev–Trinajstić information content (AvgIpc) is 2.82. The van der Waals surface area contributed by atoms with Crippen molar-refractivity contribution in [1.29, 1.82) is 0 Å². The van der Waals surface area contributed by atoms with E-state index in [1.807, 2.05) is 51.4 Å². The number of hydrogen-bond acceptors (Lipinski definition) is 4. The van der Waals surface area contributed by atoms with Gasteiger partial charge < -0.3 is 15.2 Å². The second-order valence-electron chi connectivity index (χ2n) is 4.94. The first kappa shape index (κ1) is 14.4. The lowest BCUT2D eigenvalue weighted by molar-refractivity contribution is 0.116. The van der Waals surface area contributed by atoms with Gasteiger partial charge in [0, 0.05) is 25.9 Å². The molecule has 0 saturated heterocycles. The Labute approximate surface area is 119 Å². The van der Waals surface area contributed by atoms with Crippen molar-refractivity contribution in [2.24, 2.45) is 7.05 Å². The molecule has 2 N–H and O–H groups in total. The van der Waals surface area contributed by atoms with Crippen LogP contribution >= 0.6 is 0 Å². The third-order valence-corrected chi connectivity index (χ3v) is 3.06. The molecule has 0 fully saturated rings. The van der Waals surface area contributed by atoms with Gasteiger partial charge in [-0.3, -0.25) is 4.68 Å². The number of para-hydroxylation sites is 1. The molecule has 0 spiro atoms. The summed E-state index contributed by atoms with van der Waals surface area (Å²) in [5, 5.41) is 17.2. The maximum Gasteiger partial charge on any atom is 0.148 e. The van der Waals surface area contributed by atoms with Gasteiger partial charge in [-0.05, 0) is 25.0 Å². The van der Waals surface area contributed by atoms with Crippen LogP contribution in [0.4, 0.5) is 5.82 Å². The molecule has 0 aliphatic rings. The summed E-state index contributed by atoms with van der Waals surface area (Å²) in [7, 11) is 1.85.